The lowest BCUT2D eigenvalue weighted by atomic mass is 9.80. The lowest BCUT2D eigenvalue weighted by molar-refractivity contribution is -0.148. The highest BCUT2D eigenvalue weighted by molar-refractivity contribution is 5.86. The smallest absolute Gasteiger partial charge is 0.290 e. The third kappa shape index (κ3) is 5.98. The number of likely N-dealkylation sites (N-methyl/N-ethyl adjacent to an activating group) is 1. The van der Waals surface area contributed by atoms with Crippen LogP contribution in [0.2, 0.25) is 0 Å². The Balaban J connectivity index is 0.000000941. The molecule has 0 unspecified atom stereocenters. The van der Waals surface area contributed by atoms with Crippen LogP contribution in [0.15, 0.2) is 24.5 Å². The minimum atomic E-state index is -0.750. The number of amides is 2. The van der Waals surface area contributed by atoms with Crippen molar-refractivity contribution in [1.29, 1.82) is 0 Å². The van der Waals surface area contributed by atoms with Crippen LogP contribution in [-0.4, -0.2) is 72.2 Å². The zero-order valence-electron chi connectivity index (χ0n) is 17.0. The van der Waals surface area contributed by atoms with Gasteiger partial charge in [-0.2, -0.15) is 0 Å². The Kier molecular flexibility index (Phi) is 8.53. The van der Waals surface area contributed by atoms with Crippen molar-refractivity contribution in [2.24, 2.45) is 0 Å². The van der Waals surface area contributed by atoms with Crippen LogP contribution in [0.4, 0.5) is 0 Å². The van der Waals surface area contributed by atoms with Crippen molar-refractivity contribution in [3.63, 3.8) is 0 Å². The van der Waals surface area contributed by atoms with Crippen LogP contribution in [0.3, 0.4) is 0 Å². The van der Waals surface area contributed by atoms with Crippen molar-refractivity contribution in [3.8, 4) is 0 Å². The molecule has 2 atom stereocenters. The van der Waals surface area contributed by atoms with Gasteiger partial charge in [-0.05, 0) is 38.6 Å². The molecule has 1 aromatic heterocycles. The van der Waals surface area contributed by atoms with Gasteiger partial charge in [0.2, 0.25) is 5.91 Å². The minimum Gasteiger partial charge on any atom is -0.483 e. The SMILES string of the molecule is CN(C)C1(CNC(=O)[C@H]2OCC(=O)N[C@@H]2c2cccnc2)CCCCC1.O=CO. The second-order valence-corrected chi connectivity index (χ2v) is 7.57. The van der Waals surface area contributed by atoms with E-state index in [1.54, 1.807) is 18.5 Å². The Morgan fingerprint density at radius 1 is 1.41 bits per heavy atom. The maximum absolute atomic E-state index is 12.9. The van der Waals surface area contributed by atoms with Crippen LogP contribution in [0.1, 0.15) is 43.7 Å². The summed E-state index contributed by atoms with van der Waals surface area (Å²) >= 11 is 0. The number of rotatable bonds is 5. The summed E-state index contributed by atoms with van der Waals surface area (Å²) in [5.41, 5.74) is 0.760. The molecule has 1 aromatic rings. The molecule has 3 N–H and O–H groups in total. The number of carbonyl (C=O) groups is 3. The first-order valence-corrected chi connectivity index (χ1v) is 9.77. The second-order valence-electron chi connectivity index (χ2n) is 7.57. The van der Waals surface area contributed by atoms with Crippen LogP contribution in [0, 0.1) is 0 Å². The Labute approximate surface area is 170 Å². The van der Waals surface area contributed by atoms with E-state index in [1.807, 2.05) is 6.07 Å². The zero-order valence-corrected chi connectivity index (χ0v) is 17.0. The molecule has 0 spiro atoms. The molecule has 2 amide bonds. The topological polar surface area (TPSA) is 121 Å². The molecule has 3 rings (SSSR count). The summed E-state index contributed by atoms with van der Waals surface area (Å²) in [7, 11) is 4.15. The van der Waals surface area contributed by atoms with E-state index in [0.29, 0.717) is 6.54 Å². The number of hydrogen-bond donors (Lipinski definition) is 3. The van der Waals surface area contributed by atoms with Crippen molar-refractivity contribution in [2.45, 2.75) is 49.8 Å². The molecule has 9 nitrogen and oxygen atoms in total. The second kappa shape index (κ2) is 10.9. The van der Waals surface area contributed by atoms with Gasteiger partial charge in [-0.25, -0.2) is 0 Å². The summed E-state index contributed by atoms with van der Waals surface area (Å²) in [6, 6.07) is 3.11. The van der Waals surface area contributed by atoms with Gasteiger partial charge in [0, 0.05) is 24.5 Å². The van der Waals surface area contributed by atoms with E-state index in [4.69, 9.17) is 14.6 Å². The van der Waals surface area contributed by atoms with E-state index >= 15 is 0 Å². The average molecular weight is 406 g/mol. The fourth-order valence-corrected chi connectivity index (χ4v) is 3.94. The van der Waals surface area contributed by atoms with Gasteiger partial charge in [-0.15, -0.1) is 0 Å². The van der Waals surface area contributed by atoms with Gasteiger partial charge in [0.05, 0.1) is 6.04 Å². The monoisotopic (exact) mass is 406 g/mol. The number of pyridine rings is 1. The van der Waals surface area contributed by atoms with Crippen LogP contribution in [0.5, 0.6) is 0 Å². The first kappa shape index (κ1) is 22.8. The molecule has 1 aliphatic heterocycles. The fraction of sp³-hybridized carbons (Fsp3) is 0.600. The van der Waals surface area contributed by atoms with Crippen molar-refractivity contribution in [3.05, 3.63) is 30.1 Å². The van der Waals surface area contributed by atoms with Gasteiger partial charge >= 0.3 is 0 Å². The highest BCUT2D eigenvalue weighted by atomic mass is 16.5. The Morgan fingerprint density at radius 2 is 2.10 bits per heavy atom. The average Bonchev–Trinajstić information content (AvgIpc) is 2.74. The van der Waals surface area contributed by atoms with Crippen LogP contribution < -0.4 is 10.6 Å². The molecule has 160 valence electrons. The molecule has 2 fully saturated rings. The van der Waals surface area contributed by atoms with Gasteiger partial charge < -0.3 is 25.4 Å². The highest BCUT2D eigenvalue weighted by Gasteiger charge is 2.39. The maximum Gasteiger partial charge on any atom is 0.290 e. The first-order valence-electron chi connectivity index (χ1n) is 9.77. The van der Waals surface area contributed by atoms with Gasteiger partial charge in [0.25, 0.3) is 12.4 Å². The molecule has 2 heterocycles. The van der Waals surface area contributed by atoms with Crippen LogP contribution in [-0.2, 0) is 19.1 Å². The van der Waals surface area contributed by atoms with Crippen molar-refractivity contribution in [1.82, 2.24) is 20.5 Å². The molecule has 29 heavy (non-hydrogen) atoms. The largest absolute Gasteiger partial charge is 0.483 e. The summed E-state index contributed by atoms with van der Waals surface area (Å²) in [5, 5.41) is 12.8. The van der Waals surface area contributed by atoms with Crippen LogP contribution >= 0.6 is 0 Å². The molecular formula is C20H30N4O5. The maximum atomic E-state index is 12.9. The molecule has 9 heteroatoms. The lowest BCUT2D eigenvalue weighted by Crippen LogP contribution is -2.57. The Bertz CT molecular complexity index is 677. The van der Waals surface area contributed by atoms with Crippen molar-refractivity contribution >= 4 is 18.3 Å². The highest BCUT2D eigenvalue weighted by Crippen LogP contribution is 2.32. The molecule has 1 saturated heterocycles. The molecule has 0 radical (unpaired) electrons. The van der Waals surface area contributed by atoms with Crippen LogP contribution in [0.25, 0.3) is 0 Å². The van der Waals surface area contributed by atoms with Crippen molar-refractivity contribution in [2.75, 3.05) is 27.2 Å². The summed E-state index contributed by atoms with van der Waals surface area (Å²) in [6.07, 6.45) is 8.34. The number of ether oxygens (including phenoxy) is 1. The number of nitrogens with zero attached hydrogens (tertiary/aromatic N) is 2. The van der Waals surface area contributed by atoms with E-state index in [0.717, 1.165) is 18.4 Å². The number of hydrogen-bond acceptors (Lipinski definition) is 6. The summed E-state index contributed by atoms with van der Waals surface area (Å²) in [6.45, 7) is 0.236. The summed E-state index contributed by atoms with van der Waals surface area (Å²) in [5.74, 6) is -0.411. The quantitative estimate of drug-likeness (QED) is 0.616. The molecular weight excluding hydrogens is 376 g/mol. The zero-order chi connectivity index (χ0) is 21.3. The van der Waals surface area contributed by atoms with E-state index in [2.05, 4.69) is 34.6 Å². The van der Waals surface area contributed by atoms with Gasteiger partial charge in [-0.1, -0.05) is 25.3 Å². The predicted octanol–water partition coefficient (Wildman–Crippen LogP) is 0.719. The van der Waals surface area contributed by atoms with E-state index in [-0.39, 0.29) is 30.4 Å². The van der Waals surface area contributed by atoms with E-state index in [9.17, 15) is 9.59 Å². The molecule has 2 aliphatic rings. The number of aromatic nitrogens is 1. The number of carboxylic acid groups (broad SMARTS) is 1. The number of morpholine rings is 1. The fourth-order valence-electron chi connectivity index (χ4n) is 3.94. The van der Waals surface area contributed by atoms with Gasteiger partial charge in [0.15, 0.2) is 6.10 Å². The Hall–Kier alpha value is -2.52. The molecule has 0 bridgehead atoms. The Morgan fingerprint density at radius 3 is 2.69 bits per heavy atom. The minimum absolute atomic E-state index is 0.00434. The van der Waals surface area contributed by atoms with Gasteiger partial charge in [0.1, 0.15) is 6.61 Å². The standard InChI is InChI=1S/C19H28N4O3.CH2O2/c1-23(2)19(8-4-3-5-9-19)13-21-18(25)17-16(22-15(24)12-26-17)14-7-6-10-20-11-14;2-1-3/h6-7,10-11,16-17H,3-5,8-9,12-13H2,1-2H3,(H,21,25)(H,22,24);1H,(H,2,3)/t16-,17+;/m1./s1. The molecule has 0 aromatic carbocycles. The lowest BCUT2D eigenvalue weighted by Gasteiger charge is -2.43. The van der Waals surface area contributed by atoms with Gasteiger partial charge in [-0.3, -0.25) is 19.4 Å². The summed E-state index contributed by atoms with van der Waals surface area (Å²) < 4.78 is 5.59. The number of nitrogens with one attached hydrogen (secondary N) is 2. The third-order valence-corrected chi connectivity index (χ3v) is 5.64. The third-order valence-electron chi connectivity index (χ3n) is 5.64. The van der Waals surface area contributed by atoms with E-state index in [1.165, 1.54) is 19.3 Å². The molecule has 1 saturated carbocycles. The molecule has 1 aliphatic carbocycles. The predicted molar refractivity (Wildman–Crippen MR) is 106 cm³/mol. The first-order chi connectivity index (χ1) is 13.9. The normalized spacial score (nSPS) is 23.3. The van der Waals surface area contributed by atoms with E-state index < -0.39 is 12.1 Å². The summed E-state index contributed by atoms with van der Waals surface area (Å²) in [4.78, 5) is 39.3. The number of carbonyl (C=O) groups excluding carboxylic acids is 2. The van der Waals surface area contributed by atoms with Crippen molar-refractivity contribution < 1.29 is 24.2 Å².